The first kappa shape index (κ1) is 9.50. The predicted molar refractivity (Wildman–Crippen MR) is 46.9 cm³/mol. The van der Waals surface area contributed by atoms with Gasteiger partial charge in [-0.3, -0.25) is 10.5 Å². The number of nitrogens with zero attached hydrogens (tertiary/aromatic N) is 1. The number of nitrogens with one attached hydrogen (secondary N) is 1. The normalized spacial score (nSPS) is 12.8. The Bertz CT molecular complexity index is 250. The molecule has 65 valence electrons. The molecular formula is C6H7N2O2S2. The molecule has 1 heterocycles. The number of hydrogen-bond acceptors (Lipinski definition) is 4. The van der Waals surface area contributed by atoms with Crippen molar-refractivity contribution in [3.8, 4) is 0 Å². The van der Waals surface area contributed by atoms with E-state index in [0.29, 0.717) is 0 Å². The molecule has 0 aliphatic heterocycles. The average Bonchev–Trinajstić information content (AvgIpc) is 2.37. The largest absolute Gasteiger partial charge is 0.616 e. The summed E-state index contributed by atoms with van der Waals surface area (Å²) >= 11 is 0.133. The number of thiazole rings is 1. The minimum atomic E-state index is -1.27. The van der Waals surface area contributed by atoms with Gasteiger partial charge in [-0.1, -0.05) is 0 Å². The third-order valence-corrected chi connectivity index (χ3v) is 3.20. The van der Waals surface area contributed by atoms with Gasteiger partial charge in [0.15, 0.2) is 11.5 Å². The number of aromatic nitrogens is 1. The lowest BCUT2D eigenvalue weighted by molar-refractivity contribution is -0.116. The summed E-state index contributed by atoms with van der Waals surface area (Å²) in [6.45, 7) is 0. The highest BCUT2D eigenvalue weighted by molar-refractivity contribution is 7.91. The monoisotopic (exact) mass is 203 g/mol. The van der Waals surface area contributed by atoms with Crippen molar-refractivity contribution in [1.82, 2.24) is 10.7 Å². The van der Waals surface area contributed by atoms with Crippen LogP contribution in [0.4, 0.5) is 0 Å². The molecule has 1 aromatic heterocycles. The lowest BCUT2D eigenvalue weighted by Crippen LogP contribution is -2.17. The van der Waals surface area contributed by atoms with Crippen molar-refractivity contribution in [2.45, 2.75) is 5.75 Å². The van der Waals surface area contributed by atoms with Crippen LogP contribution in [0.3, 0.4) is 0 Å². The third kappa shape index (κ3) is 3.21. The summed E-state index contributed by atoms with van der Waals surface area (Å²) in [5, 5.41) is 2.53. The Kier molecular flexibility index (Phi) is 3.51. The maximum absolute atomic E-state index is 11.1. The number of carbonyl (C=O) groups excluding carboxylic acids is 1. The van der Waals surface area contributed by atoms with E-state index in [1.807, 2.05) is 0 Å². The van der Waals surface area contributed by atoms with E-state index in [4.69, 9.17) is 5.73 Å². The molecule has 6 heteroatoms. The Labute approximate surface area is 77.0 Å². The molecule has 0 aromatic carbocycles. The van der Waals surface area contributed by atoms with Crippen molar-refractivity contribution in [3.05, 3.63) is 16.6 Å². The standard InChI is InChI=1S/C6H7N2O2S2/c7-5(9)3-12(10)4-6-8-1-2-11-6/h1-2,7H,3-4H2. The van der Waals surface area contributed by atoms with Gasteiger partial charge in [0.2, 0.25) is 0 Å². The molecule has 0 saturated carbocycles. The van der Waals surface area contributed by atoms with Crippen LogP contribution in [-0.4, -0.2) is 21.2 Å². The van der Waals surface area contributed by atoms with Gasteiger partial charge in [-0.2, -0.15) is 0 Å². The SMILES string of the molecule is [NH]C(=O)C[S+]([O-])Cc1nccs1. The molecule has 4 nitrogen and oxygen atoms in total. The molecule has 1 aromatic rings. The Morgan fingerprint density at radius 1 is 1.83 bits per heavy atom. The molecule has 1 atom stereocenters. The fourth-order valence-electron chi connectivity index (χ4n) is 0.659. The first-order chi connectivity index (χ1) is 5.68. The van der Waals surface area contributed by atoms with Gasteiger partial charge in [0.25, 0.3) is 5.91 Å². The fourth-order valence-corrected chi connectivity index (χ4v) is 2.47. The first-order valence-corrected chi connectivity index (χ1v) is 5.53. The van der Waals surface area contributed by atoms with E-state index in [1.54, 1.807) is 11.6 Å². The number of hydrogen-bond donors (Lipinski definition) is 0. The lowest BCUT2D eigenvalue weighted by Gasteiger charge is -2.05. The second-order valence-electron chi connectivity index (χ2n) is 2.08. The van der Waals surface area contributed by atoms with Gasteiger partial charge in [-0.15, -0.1) is 11.3 Å². The van der Waals surface area contributed by atoms with Gasteiger partial charge >= 0.3 is 0 Å². The van der Waals surface area contributed by atoms with E-state index in [9.17, 15) is 9.35 Å². The third-order valence-electron chi connectivity index (χ3n) is 1.06. The van der Waals surface area contributed by atoms with E-state index in [2.05, 4.69) is 4.98 Å². The zero-order valence-corrected chi connectivity index (χ0v) is 7.78. The predicted octanol–water partition coefficient (Wildman–Crippen LogP) is 0.201. The quantitative estimate of drug-likeness (QED) is 0.656. The maximum atomic E-state index is 11.1. The minimum Gasteiger partial charge on any atom is -0.616 e. The summed E-state index contributed by atoms with van der Waals surface area (Å²) in [4.78, 5) is 14.2. The molecule has 0 fully saturated rings. The Morgan fingerprint density at radius 2 is 2.58 bits per heavy atom. The molecule has 0 aliphatic rings. The van der Waals surface area contributed by atoms with E-state index in [1.165, 1.54) is 11.3 Å². The van der Waals surface area contributed by atoms with Crippen molar-refractivity contribution in [2.24, 2.45) is 0 Å². The van der Waals surface area contributed by atoms with Gasteiger partial charge in [-0.05, 0) is 11.2 Å². The Balaban J connectivity index is 2.36. The molecule has 0 spiro atoms. The zero-order valence-electron chi connectivity index (χ0n) is 6.15. The van der Waals surface area contributed by atoms with E-state index in [-0.39, 0.29) is 11.5 Å². The number of rotatable bonds is 4. The summed E-state index contributed by atoms with van der Waals surface area (Å²) < 4.78 is 11.1. The summed E-state index contributed by atoms with van der Waals surface area (Å²) in [5.41, 5.74) is 6.59. The molecular weight excluding hydrogens is 196 g/mol. The van der Waals surface area contributed by atoms with Crippen molar-refractivity contribution < 1.29 is 9.35 Å². The van der Waals surface area contributed by atoms with E-state index >= 15 is 0 Å². The van der Waals surface area contributed by atoms with Gasteiger partial charge in [0.05, 0.1) is 0 Å². The second kappa shape index (κ2) is 4.44. The Morgan fingerprint density at radius 3 is 3.08 bits per heavy atom. The highest BCUT2D eigenvalue weighted by Gasteiger charge is 2.12. The van der Waals surface area contributed by atoms with Crippen LogP contribution in [0.25, 0.3) is 0 Å². The topological polar surface area (TPSA) is 76.8 Å². The molecule has 1 N–H and O–H groups in total. The van der Waals surface area contributed by atoms with Crippen LogP contribution in [0.15, 0.2) is 11.6 Å². The minimum absolute atomic E-state index is 0.195. The Hall–Kier alpha value is -0.590. The molecule has 12 heavy (non-hydrogen) atoms. The second-order valence-corrected chi connectivity index (χ2v) is 4.51. The van der Waals surface area contributed by atoms with Crippen molar-refractivity contribution in [2.75, 3.05) is 5.75 Å². The van der Waals surface area contributed by atoms with E-state index < -0.39 is 17.1 Å². The number of carbonyl (C=O) groups is 1. The lowest BCUT2D eigenvalue weighted by atomic mass is 10.8. The molecule has 0 aliphatic carbocycles. The fraction of sp³-hybridized carbons (Fsp3) is 0.333. The van der Waals surface area contributed by atoms with Crippen LogP contribution in [-0.2, 0) is 21.7 Å². The molecule has 0 bridgehead atoms. The summed E-state index contributed by atoms with van der Waals surface area (Å²) in [6.07, 6.45) is 1.62. The smallest absolute Gasteiger partial charge is 0.288 e. The molecule has 1 radical (unpaired) electrons. The summed E-state index contributed by atoms with van der Waals surface area (Å²) in [6, 6.07) is 0. The molecule has 1 rings (SSSR count). The highest BCUT2D eigenvalue weighted by atomic mass is 32.2. The zero-order chi connectivity index (χ0) is 8.97. The summed E-state index contributed by atoms with van der Waals surface area (Å²) in [7, 11) is 0. The van der Waals surface area contributed by atoms with Gasteiger partial charge in [0.1, 0.15) is 5.01 Å². The van der Waals surface area contributed by atoms with Crippen molar-refractivity contribution >= 4 is 28.4 Å². The van der Waals surface area contributed by atoms with Crippen LogP contribution < -0.4 is 5.73 Å². The van der Waals surface area contributed by atoms with Crippen LogP contribution in [0, 0.1) is 0 Å². The van der Waals surface area contributed by atoms with E-state index in [0.717, 1.165) is 5.01 Å². The summed E-state index contributed by atoms with van der Waals surface area (Å²) in [5.74, 6) is -0.702. The van der Waals surface area contributed by atoms with Crippen molar-refractivity contribution in [1.29, 1.82) is 0 Å². The van der Waals surface area contributed by atoms with Crippen molar-refractivity contribution in [3.63, 3.8) is 0 Å². The van der Waals surface area contributed by atoms with Crippen LogP contribution in [0.5, 0.6) is 0 Å². The van der Waals surface area contributed by atoms with Crippen LogP contribution in [0.1, 0.15) is 5.01 Å². The first-order valence-electron chi connectivity index (χ1n) is 3.16. The average molecular weight is 203 g/mol. The van der Waals surface area contributed by atoms with Gasteiger partial charge < -0.3 is 4.55 Å². The van der Waals surface area contributed by atoms with Crippen LogP contribution >= 0.6 is 11.3 Å². The molecule has 0 saturated heterocycles. The molecule has 1 amide bonds. The number of amides is 1. The maximum Gasteiger partial charge on any atom is 0.288 e. The highest BCUT2D eigenvalue weighted by Crippen LogP contribution is 2.09. The van der Waals surface area contributed by atoms with Gasteiger partial charge in [0, 0.05) is 11.6 Å². The molecule has 1 unspecified atom stereocenters. The van der Waals surface area contributed by atoms with Gasteiger partial charge in [-0.25, -0.2) is 4.98 Å². The van der Waals surface area contributed by atoms with Crippen LogP contribution in [0.2, 0.25) is 0 Å².